The summed E-state index contributed by atoms with van der Waals surface area (Å²) < 4.78 is 0. The molecule has 0 radical (unpaired) electrons. The smallest absolute Gasteiger partial charge is 0.0187 e. The van der Waals surface area contributed by atoms with Gasteiger partial charge in [-0.2, -0.15) is 0 Å². The van der Waals surface area contributed by atoms with E-state index in [4.69, 9.17) is 0 Å². The largest absolute Gasteiger partial charge is 0.0620 e. The molecule has 0 aliphatic heterocycles. The Kier molecular flexibility index (Phi) is 2.38. The van der Waals surface area contributed by atoms with Crippen molar-refractivity contribution in [2.45, 2.75) is 32.6 Å². The SMILES string of the molecule is Cc1ccc2c(c1)C1=C(CC2)c2ccccc2CC1. The molecule has 2 aliphatic rings. The summed E-state index contributed by atoms with van der Waals surface area (Å²) in [6.45, 7) is 2.20. The van der Waals surface area contributed by atoms with Gasteiger partial charge in [0.15, 0.2) is 0 Å². The van der Waals surface area contributed by atoms with E-state index < -0.39 is 0 Å². The fourth-order valence-electron chi connectivity index (χ4n) is 3.64. The number of allylic oxidation sites excluding steroid dienone is 2. The maximum absolute atomic E-state index is 2.39. The first-order chi connectivity index (χ1) is 9.33. The van der Waals surface area contributed by atoms with Crippen LogP contribution in [0.5, 0.6) is 0 Å². The van der Waals surface area contributed by atoms with Crippen LogP contribution in [0.1, 0.15) is 40.7 Å². The van der Waals surface area contributed by atoms with Crippen molar-refractivity contribution in [1.82, 2.24) is 0 Å². The molecule has 0 amide bonds. The Morgan fingerprint density at radius 2 is 1.37 bits per heavy atom. The predicted molar refractivity (Wildman–Crippen MR) is 81.1 cm³/mol. The molecule has 0 fully saturated rings. The Labute approximate surface area is 114 Å². The van der Waals surface area contributed by atoms with Gasteiger partial charge in [-0.25, -0.2) is 0 Å². The van der Waals surface area contributed by atoms with Gasteiger partial charge in [0, 0.05) is 0 Å². The van der Waals surface area contributed by atoms with Gasteiger partial charge in [-0.05, 0) is 66.0 Å². The highest BCUT2D eigenvalue weighted by atomic mass is 14.3. The van der Waals surface area contributed by atoms with Gasteiger partial charge in [-0.3, -0.25) is 0 Å². The molecule has 0 N–H and O–H groups in total. The zero-order valence-electron chi connectivity index (χ0n) is 11.4. The van der Waals surface area contributed by atoms with E-state index in [1.54, 1.807) is 16.7 Å². The summed E-state index contributed by atoms with van der Waals surface area (Å²) in [6, 6.07) is 15.9. The predicted octanol–water partition coefficient (Wildman–Crippen LogP) is 4.80. The summed E-state index contributed by atoms with van der Waals surface area (Å²) in [5.41, 5.74) is 10.7. The third kappa shape index (κ3) is 1.67. The van der Waals surface area contributed by atoms with E-state index in [2.05, 4.69) is 49.4 Å². The molecule has 0 atom stereocenters. The molecular weight excluding hydrogens is 228 g/mol. The maximum Gasteiger partial charge on any atom is -0.0187 e. The quantitative estimate of drug-likeness (QED) is 0.626. The van der Waals surface area contributed by atoms with E-state index in [9.17, 15) is 0 Å². The van der Waals surface area contributed by atoms with Crippen LogP contribution in [0.4, 0.5) is 0 Å². The Morgan fingerprint density at radius 3 is 2.21 bits per heavy atom. The van der Waals surface area contributed by atoms with Crippen LogP contribution in [0.25, 0.3) is 11.1 Å². The lowest BCUT2D eigenvalue weighted by molar-refractivity contribution is 0.918. The fourth-order valence-corrected chi connectivity index (χ4v) is 3.64. The van der Waals surface area contributed by atoms with Gasteiger partial charge in [0.1, 0.15) is 0 Å². The summed E-state index contributed by atoms with van der Waals surface area (Å²) in [4.78, 5) is 0. The van der Waals surface area contributed by atoms with Gasteiger partial charge in [0.05, 0.1) is 0 Å². The minimum absolute atomic E-state index is 1.20. The van der Waals surface area contributed by atoms with Gasteiger partial charge in [0.2, 0.25) is 0 Å². The molecular formula is C19H18. The molecule has 0 spiro atoms. The summed E-state index contributed by atoms with van der Waals surface area (Å²) in [5, 5.41) is 0. The van der Waals surface area contributed by atoms with Crippen molar-refractivity contribution in [3.05, 3.63) is 70.3 Å². The Balaban J connectivity index is 1.96. The third-order valence-electron chi connectivity index (χ3n) is 4.59. The number of aryl methyl sites for hydroxylation is 3. The highest BCUT2D eigenvalue weighted by Gasteiger charge is 2.24. The van der Waals surface area contributed by atoms with Crippen LogP contribution in [0, 0.1) is 6.92 Å². The van der Waals surface area contributed by atoms with Gasteiger partial charge < -0.3 is 0 Å². The van der Waals surface area contributed by atoms with Crippen molar-refractivity contribution < 1.29 is 0 Å². The lowest BCUT2D eigenvalue weighted by Crippen LogP contribution is -2.11. The molecule has 0 heterocycles. The molecule has 0 heteroatoms. The normalized spacial score (nSPS) is 16.7. The van der Waals surface area contributed by atoms with E-state index >= 15 is 0 Å². The molecule has 0 bridgehead atoms. The van der Waals surface area contributed by atoms with E-state index in [0.717, 1.165) is 0 Å². The van der Waals surface area contributed by atoms with Gasteiger partial charge in [-0.1, -0.05) is 48.0 Å². The Hall–Kier alpha value is -1.82. The summed E-state index contributed by atoms with van der Waals surface area (Å²) in [6.07, 6.45) is 4.82. The van der Waals surface area contributed by atoms with E-state index in [-0.39, 0.29) is 0 Å². The van der Waals surface area contributed by atoms with Crippen LogP contribution in [-0.4, -0.2) is 0 Å². The highest BCUT2D eigenvalue weighted by molar-refractivity contribution is 5.95. The molecule has 0 saturated heterocycles. The Bertz CT molecular complexity index is 689. The van der Waals surface area contributed by atoms with Crippen molar-refractivity contribution in [1.29, 1.82) is 0 Å². The highest BCUT2D eigenvalue weighted by Crippen LogP contribution is 2.43. The maximum atomic E-state index is 2.39. The van der Waals surface area contributed by atoms with E-state index in [0.29, 0.717) is 0 Å². The number of rotatable bonds is 0. The lowest BCUT2D eigenvalue weighted by atomic mass is 9.75. The van der Waals surface area contributed by atoms with Crippen LogP contribution in [0.2, 0.25) is 0 Å². The second kappa shape index (κ2) is 4.09. The second-order valence-electron chi connectivity index (χ2n) is 5.77. The number of fused-ring (bicyclic) bond motifs is 4. The third-order valence-corrected chi connectivity index (χ3v) is 4.59. The zero-order valence-corrected chi connectivity index (χ0v) is 11.4. The second-order valence-corrected chi connectivity index (χ2v) is 5.77. The molecule has 0 saturated carbocycles. The topological polar surface area (TPSA) is 0 Å². The van der Waals surface area contributed by atoms with Crippen molar-refractivity contribution in [2.24, 2.45) is 0 Å². The van der Waals surface area contributed by atoms with Crippen molar-refractivity contribution in [2.75, 3.05) is 0 Å². The molecule has 2 aromatic carbocycles. The van der Waals surface area contributed by atoms with Crippen LogP contribution in [0.15, 0.2) is 42.5 Å². The standard InChI is InChI=1S/C19H18/c1-13-6-7-15-9-10-17-16-5-3-2-4-14(16)8-11-18(17)19(15)12-13/h2-7,12H,8-11H2,1H3. The van der Waals surface area contributed by atoms with E-state index in [1.807, 2.05) is 0 Å². The average molecular weight is 246 g/mol. The summed E-state index contributed by atoms with van der Waals surface area (Å²) >= 11 is 0. The molecule has 0 unspecified atom stereocenters. The first kappa shape index (κ1) is 11.0. The monoisotopic (exact) mass is 246 g/mol. The summed E-state index contributed by atoms with van der Waals surface area (Å²) in [7, 11) is 0. The Morgan fingerprint density at radius 1 is 0.684 bits per heavy atom. The number of hydrogen-bond donors (Lipinski definition) is 0. The van der Waals surface area contributed by atoms with Gasteiger partial charge in [-0.15, -0.1) is 0 Å². The van der Waals surface area contributed by atoms with Crippen LogP contribution >= 0.6 is 0 Å². The summed E-state index contributed by atoms with van der Waals surface area (Å²) in [5.74, 6) is 0. The van der Waals surface area contributed by atoms with Crippen LogP contribution in [0.3, 0.4) is 0 Å². The molecule has 19 heavy (non-hydrogen) atoms. The minimum Gasteiger partial charge on any atom is -0.0620 e. The molecule has 94 valence electrons. The number of benzene rings is 2. The molecule has 2 aliphatic carbocycles. The van der Waals surface area contributed by atoms with Crippen molar-refractivity contribution >= 4 is 11.1 Å². The first-order valence-corrected chi connectivity index (χ1v) is 7.23. The molecule has 0 aromatic heterocycles. The van der Waals surface area contributed by atoms with Gasteiger partial charge >= 0.3 is 0 Å². The van der Waals surface area contributed by atoms with Crippen molar-refractivity contribution in [3.63, 3.8) is 0 Å². The minimum atomic E-state index is 1.20. The zero-order chi connectivity index (χ0) is 12.8. The van der Waals surface area contributed by atoms with Crippen molar-refractivity contribution in [3.8, 4) is 0 Å². The number of hydrogen-bond acceptors (Lipinski definition) is 0. The van der Waals surface area contributed by atoms with E-state index in [1.165, 1.54) is 47.9 Å². The fraction of sp³-hybridized carbons (Fsp3) is 0.263. The average Bonchev–Trinajstić information content (AvgIpc) is 2.46. The van der Waals surface area contributed by atoms with Gasteiger partial charge in [0.25, 0.3) is 0 Å². The molecule has 2 aromatic rings. The molecule has 4 rings (SSSR count). The van der Waals surface area contributed by atoms with Crippen LogP contribution < -0.4 is 0 Å². The molecule has 0 nitrogen and oxygen atoms in total. The first-order valence-electron chi connectivity index (χ1n) is 7.23. The van der Waals surface area contributed by atoms with Crippen LogP contribution in [-0.2, 0) is 12.8 Å². The lowest BCUT2D eigenvalue weighted by Gasteiger charge is -2.29.